The molecule has 1 amide bonds. The van der Waals surface area contributed by atoms with Gasteiger partial charge in [-0.05, 0) is 55.3 Å². The Balaban J connectivity index is 1.71. The van der Waals surface area contributed by atoms with Crippen LogP contribution in [0.5, 0.6) is 0 Å². The van der Waals surface area contributed by atoms with E-state index in [4.69, 9.17) is 11.6 Å². The van der Waals surface area contributed by atoms with Crippen molar-refractivity contribution in [2.24, 2.45) is 0 Å². The Morgan fingerprint density at radius 2 is 1.91 bits per heavy atom. The summed E-state index contributed by atoms with van der Waals surface area (Å²) in [7, 11) is 0. The Kier molecular flexibility index (Phi) is 5.92. The Labute approximate surface area is 134 Å². The van der Waals surface area contributed by atoms with Crippen LogP contribution in [0.15, 0.2) is 42.5 Å². The average Bonchev–Trinajstić information content (AvgIpc) is 2.49. The first kappa shape index (κ1) is 16.5. The molecular weight excluding hydrogens is 303 g/mol. The first-order valence-electron chi connectivity index (χ1n) is 7.06. The van der Waals surface area contributed by atoms with Gasteiger partial charge < -0.3 is 10.6 Å². The molecular formula is C17H18ClFN2O. The number of carbonyl (C=O) groups excluding carboxylic acids is 1. The maximum absolute atomic E-state index is 12.8. The van der Waals surface area contributed by atoms with E-state index in [0.29, 0.717) is 17.3 Å². The minimum atomic E-state index is -0.243. The van der Waals surface area contributed by atoms with Crippen LogP contribution in [0.1, 0.15) is 11.1 Å². The third kappa shape index (κ3) is 5.13. The zero-order valence-electron chi connectivity index (χ0n) is 12.3. The van der Waals surface area contributed by atoms with Crippen LogP contribution in [0.2, 0.25) is 5.02 Å². The van der Waals surface area contributed by atoms with Crippen molar-refractivity contribution in [2.75, 3.05) is 18.4 Å². The van der Waals surface area contributed by atoms with Gasteiger partial charge in [-0.2, -0.15) is 0 Å². The number of nitrogens with one attached hydrogen (secondary N) is 2. The summed E-state index contributed by atoms with van der Waals surface area (Å²) < 4.78 is 12.8. The van der Waals surface area contributed by atoms with Gasteiger partial charge in [0.05, 0.1) is 6.54 Å². The van der Waals surface area contributed by atoms with Crippen molar-refractivity contribution in [3.63, 3.8) is 0 Å². The van der Waals surface area contributed by atoms with Crippen LogP contribution < -0.4 is 10.6 Å². The minimum absolute atomic E-state index is 0.126. The number of halogens is 2. The monoisotopic (exact) mass is 320 g/mol. The van der Waals surface area contributed by atoms with E-state index in [0.717, 1.165) is 17.5 Å². The second kappa shape index (κ2) is 7.92. The lowest BCUT2D eigenvalue weighted by Gasteiger charge is -2.08. The molecule has 0 bridgehead atoms. The number of carbonyl (C=O) groups is 1. The van der Waals surface area contributed by atoms with Gasteiger partial charge in [-0.1, -0.05) is 29.8 Å². The maximum Gasteiger partial charge on any atom is 0.238 e. The highest BCUT2D eigenvalue weighted by atomic mass is 35.5. The molecule has 0 aromatic heterocycles. The van der Waals surface area contributed by atoms with E-state index in [-0.39, 0.29) is 18.3 Å². The summed E-state index contributed by atoms with van der Waals surface area (Å²) in [5.41, 5.74) is 2.68. The molecule has 0 saturated carbocycles. The molecule has 2 aromatic rings. The summed E-state index contributed by atoms with van der Waals surface area (Å²) in [5.74, 6) is -0.369. The molecule has 0 radical (unpaired) electrons. The van der Waals surface area contributed by atoms with Gasteiger partial charge in [0.1, 0.15) is 5.82 Å². The summed E-state index contributed by atoms with van der Waals surface area (Å²) in [6.07, 6.45) is 0.740. The summed E-state index contributed by atoms with van der Waals surface area (Å²) in [4.78, 5) is 11.8. The number of benzene rings is 2. The number of hydrogen-bond acceptors (Lipinski definition) is 2. The van der Waals surface area contributed by atoms with Crippen molar-refractivity contribution in [3.05, 3.63) is 64.4 Å². The van der Waals surface area contributed by atoms with Crippen LogP contribution >= 0.6 is 11.6 Å². The van der Waals surface area contributed by atoms with Crippen molar-refractivity contribution in [1.29, 1.82) is 0 Å². The molecule has 2 N–H and O–H groups in total. The zero-order chi connectivity index (χ0) is 15.9. The van der Waals surface area contributed by atoms with E-state index < -0.39 is 0 Å². The van der Waals surface area contributed by atoms with Gasteiger partial charge in [-0.25, -0.2) is 4.39 Å². The molecule has 3 nitrogen and oxygen atoms in total. The number of aryl methyl sites for hydroxylation is 1. The van der Waals surface area contributed by atoms with Crippen LogP contribution in [0, 0.1) is 12.7 Å². The molecule has 0 spiro atoms. The molecule has 0 aliphatic heterocycles. The summed E-state index contributed by atoms with van der Waals surface area (Å²) in [6, 6.07) is 11.8. The summed E-state index contributed by atoms with van der Waals surface area (Å²) >= 11 is 6.01. The van der Waals surface area contributed by atoms with E-state index >= 15 is 0 Å². The zero-order valence-corrected chi connectivity index (χ0v) is 13.1. The van der Waals surface area contributed by atoms with Crippen molar-refractivity contribution in [2.45, 2.75) is 13.3 Å². The number of rotatable bonds is 6. The van der Waals surface area contributed by atoms with E-state index in [9.17, 15) is 9.18 Å². The topological polar surface area (TPSA) is 41.1 Å². The number of amides is 1. The lowest BCUT2D eigenvalue weighted by Crippen LogP contribution is -2.29. The van der Waals surface area contributed by atoms with Gasteiger partial charge in [0.2, 0.25) is 5.91 Å². The van der Waals surface area contributed by atoms with Crippen molar-refractivity contribution >= 4 is 23.2 Å². The molecule has 0 aliphatic rings. The highest BCUT2D eigenvalue weighted by molar-refractivity contribution is 6.31. The molecule has 116 valence electrons. The largest absolute Gasteiger partial charge is 0.325 e. The van der Waals surface area contributed by atoms with Gasteiger partial charge in [0.15, 0.2) is 0 Å². The molecule has 2 rings (SSSR count). The summed E-state index contributed by atoms with van der Waals surface area (Å²) in [5, 5.41) is 6.46. The lowest BCUT2D eigenvalue weighted by atomic mass is 10.1. The SMILES string of the molecule is Cc1ccc(NC(=O)CNCCc2ccc(F)cc2)cc1Cl. The predicted molar refractivity (Wildman–Crippen MR) is 87.8 cm³/mol. The molecule has 0 heterocycles. The van der Waals surface area contributed by atoms with Crippen LogP contribution in [-0.2, 0) is 11.2 Å². The third-order valence-electron chi connectivity index (χ3n) is 3.24. The first-order chi connectivity index (χ1) is 10.5. The molecule has 0 atom stereocenters. The normalized spacial score (nSPS) is 10.5. The third-order valence-corrected chi connectivity index (χ3v) is 3.65. The fourth-order valence-corrected chi connectivity index (χ4v) is 2.14. The van der Waals surface area contributed by atoms with Gasteiger partial charge in [-0.15, -0.1) is 0 Å². The highest BCUT2D eigenvalue weighted by Crippen LogP contribution is 2.19. The molecule has 5 heteroatoms. The highest BCUT2D eigenvalue weighted by Gasteiger charge is 2.03. The van der Waals surface area contributed by atoms with Crippen LogP contribution in [-0.4, -0.2) is 19.0 Å². The molecule has 0 aliphatic carbocycles. The Hall–Kier alpha value is -1.91. The van der Waals surface area contributed by atoms with Gasteiger partial charge in [0, 0.05) is 10.7 Å². The molecule has 0 saturated heterocycles. The van der Waals surface area contributed by atoms with Gasteiger partial charge >= 0.3 is 0 Å². The molecule has 0 fully saturated rings. The second-order valence-corrected chi connectivity index (χ2v) is 5.47. The predicted octanol–water partition coefficient (Wildman–Crippen LogP) is 3.56. The number of hydrogen-bond donors (Lipinski definition) is 2. The summed E-state index contributed by atoms with van der Waals surface area (Å²) in [6.45, 7) is 2.77. The standard InChI is InChI=1S/C17H18ClFN2O/c1-12-2-7-15(10-16(12)18)21-17(22)11-20-9-8-13-3-5-14(19)6-4-13/h2-7,10,20H,8-9,11H2,1H3,(H,21,22). The van der Waals surface area contributed by atoms with E-state index in [1.54, 1.807) is 18.2 Å². The minimum Gasteiger partial charge on any atom is -0.325 e. The van der Waals surface area contributed by atoms with Gasteiger partial charge in [-0.3, -0.25) is 4.79 Å². The fraction of sp³-hybridized carbons (Fsp3) is 0.235. The quantitative estimate of drug-likeness (QED) is 0.799. The van der Waals surface area contributed by atoms with Crippen LogP contribution in [0.4, 0.5) is 10.1 Å². The Bertz CT molecular complexity index is 644. The van der Waals surface area contributed by atoms with Gasteiger partial charge in [0.25, 0.3) is 0 Å². The number of anilines is 1. The van der Waals surface area contributed by atoms with Crippen molar-refractivity contribution in [1.82, 2.24) is 5.32 Å². The van der Waals surface area contributed by atoms with Crippen LogP contribution in [0.3, 0.4) is 0 Å². The molecule has 0 unspecified atom stereocenters. The smallest absolute Gasteiger partial charge is 0.238 e. The maximum atomic E-state index is 12.8. The van der Waals surface area contributed by atoms with E-state index in [1.807, 2.05) is 19.1 Å². The lowest BCUT2D eigenvalue weighted by molar-refractivity contribution is -0.115. The second-order valence-electron chi connectivity index (χ2n) is 5.07. The molecule has 22 heavy (non-hydrogen) atoms. The van der Waals surface area contributed by atoms with E-state index in [1.165, 1.54) is 12.1 Å². The Morgan fingerprint density at radius 3 is 2.59 bits per heavy atom. The van der Waals surface area contributed by atoms with Crippen molar-refractivity contribution < 1.29 is 9.18 Å². The first-order valence-corrected chi connectivity index (χ1v) is 7.43. The van der Waals surface area contributed by atoms with Crippen LogP contribution in [0.25, 0.3) is 0 Å². The Morgan fingerprint density at radius 1 is 1.18 bits per heavy atom. The van der Waals surface area contributed by atoms with E-state index in [2.05, 4.69) is 10.6 Å². The van der Waals surface area contributed by atoms with Crippen molar-refractivity contribution in [3.8, 4) is 0 Å². The average molecular weight is 321 g/mol. The molecule has 2 aromatic carbocycles. The fourth-order valence-electron chi connectivity index (χ4n) is 1.96.